The molecule has 0 saturated heterocycles. The number of H-pyrrole nitrogens is 1. The third kappa shape index (κ3) is 2.74. The van der Waals surface area contributed by atoms with Crippen molar-refractivity contribution in [3.05, 3.63) is 59.9 Å². The number of amides is 1. The summed E-state index contributed by atoms with van der Waals surface area (Å²) in [4.78, 5) is 19.2. The van der Waals surface area contributed by atoms with Crippen LogP contribution in [0, 0.1) is 11.3 Å². The number of aromatic amines is 1. The van der Waals surface area contributed by atoms with E-state index in [0.717, 1.165) is 16.6 Å². The number of para-hydroxylation sites is 1. The van der Waals surface area contributed by atoms with E-state index in [-0.39, 0.29) is 12.3 Å². The minimum absolute atomic E-state index is 0.156. The molecule has 0 radical (unpaired) electrons. The fourth-order valence-corrected chi connectivity index (χ4v) is 2.16. The molecule has 0 atom stereocenters. The lowest BCUT2D eigenvalue weighted by Gasteiger charge is -2.06. The number of nitrogens with one attached hydrogen (secondary N) is 2. The third-order valence-electron chi connectivity index (χ3n) is 3.17. The molecular weight excluding hydrogens is 264 g/mol. The first-order valence-electron chi connectivity index (χ1n) is 6.47. The molecule has 5 nitrogen and oxygen atoms in total. The number of imidazole rings is 1. The van der Waals surface area contributed by atoms with E-state index in [2.05, 4.69) is 21.4 Å². The molecule has 0 aliphatic rings. The minimum atomic E-state index is -0.156. The van der Waals surface area contributed by atoms with Gasteiger partial charge in [0.05, 0.1) is 35.0 Å². The number of carbonyl (C=O) groups excluding carboxylic acids is 1. The standard InChI is InChI=1S/C16H12N4O/c17-9-12-3-1-2-4-13(12)20-16(21)8-11-5-6-14-15(7-11)19-10-18-14/h1-7,10H,8H2,(H,18,19)(H,20,21). The SMILES string of the molecule is N#Cc1ccccc1NC(=O)Cc1ccc2nc[nH]c2c1. The highest BCUT2D eigenvalue weighted by molar-refractivity contribution is 5.94. The summed E-state index contributed by atoms with van der Waals surface area (Å²) in [6, 6.07) is 14.6. The van der Waals surface area contributed by atoms with Gasteiger partial charge in [-0.15, -0.1) is 0 Å². The summed E-state index contributed by atoms with van der Waals surface area (Å²) < 4.78 is 0. The van der Waals surface area contributed by atoms with Crippen LogP contribution in [0.2, 0.25) is 0 Å². The van der Waals surface area contributed by atoms with E-state index in [1.165, 1.54) is 0 Å². The van der Waals surface area contributed by atoms with Gasteiger partial charge in [0.2, 0.25) is 5.91 Å². The predicted molar refractivity (Wildman–Crippen MR) is 79.6 cm³/mol. The average molecular weight is 276 g/mol. The van der Waals surface area contributed by atoms with E-state index in [4.69, 9.17) is 5.26 Å². The molecule has 1 amide bonds. The van der Waals surface area contributed by atoms with Crippen molar-refractivity contribution in [1.29, 1.82) is 5.26 Å². The van der Waals surface area contributed by atoms with Crippen LogP contribution in [-0.2, 0) is 11.2 Å². The number of fused-ring (bicyclic) bond motifs is 1. The molecule has 0 aliphatic carbocycles. The molecule has 3 rings (SSSR count). The first kappa shape index (κ1) is 12.9. The number of anilines is 1. The summed E-state index contributed by atoms with van der Waals surface area (Å²) in [7, 11) is 0. The van der Waals surface area contributed by atoms with Crippen molar-refractivity contribution >= 4 is 22.6 Å². The van der Waals surface area contributed by atoms with E-state index in [1.807, 2.05) is 18.2 Å². The van der Waals surface area contributed by atoms with Gasteiger partial charge in [-0.2, -0.15) is 5.26 Å². The number of hydrogen-bond acceptors (Lipinski definition) is 3. The molecule has 0 saturated carbocycles. The Morgan fingerprint density at radius 3 is 3.00 bits per heavy atom. The fraction of sp³-hybridized carbons (Fsp3) is 0.0625. The molecule has 0 fully saturated rings. The molecule has 1 heterocycles. The molecule has 1 aromatic heterocycles. The Kier molecular flexibility index (Phi) is 3.36. The maximum absolute atomic E-state index is 12.1. The maximum atomic E-state index is 12.1. The molecule has 0 unspecified atom stereocenters. The van der Waals surface area contributed by atoms with Crippen molar-refractivity contribution in [1.82, 2.24) is 9.97 Å². The van der Waals surface area contributed by atoms with Crippen LogP contribution in [0.1, 0.15) is 11.1 Å². The highest BCUT2D eigenvalue weighted by atomic mass is 16.1. The Morgan fingerprint density at radius 1 is 1.29 bits per heavy atom. The second-order valence-corrected chi connectivity index (χ2v) is 4.64. The zero-order valence-electron chi connectivity index (χ0n) is 11.1. The molecule has 3 aromatic rings. The van der Waals surface area contributed by atoms with Crippen LogP contribution in [0.25, 0.3) is 11.0 Å². The van der Waals surface area contributed by atoms with Gasteiger partial charge in [-0.05, 0) is 29.8 Å². The zero-order chi connectivity index (χ0) is 14.7. The Hall–Kier alpha value is -3.13. The monoisotopic (exact) mass is 276 g/mol. The molecule has 0 aliphatic heterocycles. The Bertz CT molecular complexity index is 845. The van der Waals surface area contributed by atoms with E-state index in [9.17, 15) is 4.79 Å². The van der Waals surface area contributed by atoms with Gasteiger partial charge in [0.15, 0.2) is 0 Å². The Labute approximate surface area is 121 Å². The number of hydrogen-bond donors (Lipinski definition) is 2. The molecule has 0 bridgehead atoms. The van der Waals surface area contributed by atoms with Crippen LogP contribution in [-0.4, -0.2) is 15.9 Å². The molecule has 2 N–H and O–H groups in total. The Morgan fingerprint density at radius 2 is 2.14 bits per heavy atom. The summed E-state index contributed by atoms with van der Waals surface area (Å²) in [5.41, 5.74) is 3.65. The van der Waals surface area contributed by atoms with Gasteiger partial charge < -0.3 is 10.3 Å². The number of rotatable bonds is 3. The van der Waals surface area contributed by atoms with Crippen LogP contribution < -0.4 is 5.32 Å². The fourth-order valence-electron chi connectivity index (χ4n) is 2.16. The van der Waals surface area contributed by atoms with Gasteiger partial charge in [-0.1, -0.05) is 18.2 Å². The van der Waals surface area contributed by atoms with Crippen molar-refractivity contribution in [3.8, 4) is 6.07 Å². The van der Waals surface area contributed by atoms with Crippen molar-refractivity contribution in [2.45, 2.75) is 6.42 Å². The number of carbonyl (C=O) groups is 1. The van der Waals surface area contributed by atoms with Crippen LogP contribution in [0.5, 0.6) is 0 Å². The zero-order valence-corrected chi connectivity index (χ0v) is 11.1. The van der Waals surface area contributed by atoms with Gasteiger partial charge in [0.25, 0.3) is 0 Å². The van der Waals surface area contributed by atoms with Gasteiger partial charge >= 0.3 is 0 Å². The van der Waals surface area contributed by atoms with Crippen molar-refractivity contribution < 1.29 is 4.79 Å². The predicted octanol–water partition coefficient (Wildman–Crippen LogP) is 2.62. The lowest BCUT2D eigenvalue weighted by atomic mass is 10.1. The third-order valence-corrected chi connectivity index (χ3v) is 3.17. The first-order chi connectivity index (χ1) is 10.3. The number of aromatic nitrogens is 2. The van der Waals surface area contributed by atoms with E-state index in [0.29, 0.717) is 11.3 Å². The average Bonchev–Trinajstić information content (AvgIpc) is 2.95. The van der Waals surface area contributed by atoms with Crippen LogP contribution >= 0.6 is 0 Å². The second kappa shape index (κ2) is 5.47. The van der Waals surface area contributed by atoms with Crippen molar-refractivity contribution in [3.63, 3.8) is 0 Å². The van der Waals surface area contributed by atoms with Crippen molar-refractivity contribution in [2.75, 3.05) is 5.32 Å². The largest absolute Gasteiger partial charge is 0.345 e. The summed E-state index contributed by atoms with van der Waals surface area (Å²) in [5, 5.41) is 11.8. The van der Waals surface area contributed by atoms with Gasteiger partial charge in [0.1, 0.15) is 6.07 Å². The maximum Gasteiger partial charge on any atom is 0.228 e. The van der Waals surface area contributed by atoms with Gasteiger partial charge in [-0.3, -0.25) is 4.79 Å². The van der Waals surface area contributed by atoms with Crippen molar-refractivity contribution in [2.24, 2.45) is 0 Å². The molecule has 2 aromatic carbocycles. The molecule has 5 heteroatoms. The quantitative estimate of drug-likeness (QED) is 0.771. The Balaban J connectivity index is 1.75. The van der Waals surface area contributed by atoms with Crippen LogP contribution in [0.15, 0.2) is 48.8 Å². The summed E-state index contributed by atoms with van der Waals surface area (Å²) >= 11 is 0. The summed E-state index contributed by atoms with van der Waals surface area (Å²) in [6.07, 6.45) is 1.87. The minimum Gasteiger partial charge on any atom is -0.345 e. The number of benzene rings is 2. The lowest BCUT2D eigenvalue weighted by Crippen LogP contribution is -2.15. The summed E-state index contributed by atoms with van der Waals surface area (Å²) in [5.74, 6) is -0.156. The molecule has 102 valence electrons. The molecular formula is C16H12N4O. The van der Waals surface area contributed by atoms with E-state index in [1.54, 1.807) is 30.6 Å². The highest BCUT2D eigenvalue weighted by Gasteiger charge is 2.08. The van der Waals surface area contributed by atoms with E-state index < -0.39 is 0 Å². The molecule has 21 heavy (non-hydrogen) atoms. The van der Waals surface area contributed by atoms with Crippen LogP contribution in [0.4, 0.5) is 5.69 Å². The first-order valence-corrected chi connectivity index (χ1v) is 6.47. The van der Waals surface area contributed by atoms with Crippen LogP contribution in [0.3, 0.4) is 0 Å². The topological polar surface area (TPSA) is 81.6 Å². The number of nitrogens with zero attached hydrogens (tertiary/aromatic N) is 2. The summed E-state index contributed by atoms with van der Waals surface area (Å²) in [6.45, 7) is 0. The van der Waals surface area contributed by atoms with Gasteiger partial charge in [-0.25, -0.2) is 4.98 Å². The van der Waals surface area contributed by atoms with E-state index >= 15 is 0 Å². The number of nitriles is 1. The smallest absolute Gasteiger partial charge is 0.228 e. The lowest BCUT2D eigenvalue weighted by molar-refractivity contribution is -0.115. The normalized spacial score (nSPS) is 10.2. The van der Waals surface area contributed by atoms with Gasteiger partial charge in [0, 0.05) is 0 Å². The highest BCUT2D eigenvalue weighted by Crippen LogP contribution is 2.15. The second-order valence-electron chi connectivity index (χ2n) is 4.64. The molecule has 0 spiro atoms.